The molecule has 1 saturated heterocycles. The minimum absolute atomic E-state index is 0.264. The van der Waals surface area contributed by atoms with E-state index >= 15 is 0 Å². The number of rotatable bonds is 6. The van der Waals surface area contributed by atoms with Crippen LogP contribution < -0.4 is 15.5 Å². The standard InChI is InChI=1S/C16H23N7O2/c1-13-12-14(21-25-13)20-16(24)19-6-3-7-22-8-10-23(11-9-22)15-17-4-2-5-18-15/h2,4-5,12H,3,6-11H2,1H3,(H2,19,20,21,24). The van der Waals surface area contributed by atoms with Gasteiger partial charge in [0, 0.05) is 51.2 Å². The Kier molecular flexibility index (Phi) is 5.78. The van der Waals surface area contributed by atoms with E-state index in [-0.39, 0.29) is 6.03 Å². The zero-order valence-corrected chi connectivity index (χ0v) is 14.3. The summed E-state index contributed by atoms with van der Waals surface area (Å²) in [6.07, 6.45) is 4.44. The van der Waals surface area contributed by atoms with Gasteiger partial charge in [0.1, 0.15) is 5.76 Å². The van der Waals surface area contributed by atoms with Crippen molar-refractivity contribution in [2.75, 3.05) is 49.5 Å². The second kappa shape index (κ2) is 8.43. The van der Waals surface area contributed by atoms with Crippen molar-refractivity contribution in [2.45, 2.75) is 13.3 Å². The summed E-state index contributed by atoms with van der Waals surface area (Å²) in [5, 5.41) is 9.18. The van der Waals surface area contributed by atoms with Gasteiger partial charge >= 0.3 is 6.03 Å². The Morgan fingerprint density at radius 1 is 1.24 bits per heavy atom. The first-order chi connectivity index (χ1) is 12.2. The molecule has 2 aromatic heterocycles. The van der Waals surface area contributed by atoms with E-state index in [1.165, 1.54) is 0 Å². The number of amides is 2. The maximum absolute atomic E-state index is 11.7. The SMILES string of the molecule is Cc1cc(NC(=O)NCCCN2CCN(c3ncccn3)CC2)no1. The van der Waals surface area contributed by atoms with Crippen molar-refractivity contribution in [1.29, 1.82) is 0 Å². The van der Waals surface area contributed by atoms with Crippen LogP contribution in [-0.4, -0.2) is 65.3 Å². The Labute approximate surface area is 146 Å². The van der Waals surface area contributed by atoms with Crippen LogP contribution in [0.4, 0.5) is 16.6 Å². The Bertz CT molecular complexity index is 668. The van der Waals surface area contributed by atoms with Gasteiger partial charge in [0.2, 0.25) is 5.95 Å². The first-order valence-corrected chi connectivity index (χ1v) is 8.43. The van der Waals surface area contributed by atoms with Gasteiger partial charge < -0.3 is 14.7 Å². The molecular weight excluding hydrogens is 322 g/mol. The van der Waals surface area contributed by atoms with E-state index in [4.69, 9.17) is 4.52 Å². The molecule has 3 rings (SSSR count). The van der Waals surface area contributed by atoms with Gasteiger partial charge in [0.25, 0.3) is 0 Å². The fourth-order valence-corrected chi connectivity index (χ4v) is 2.72. The van der Waals surface area contributed by atoms with Crippen molar-refractivity contribution in [3.8, 4) is 0 Å². The number of urea groups is 1. The number of hydrogen-bond acceptors (Lipinski definition) is 7. The summed E-state index contributed by atoms with van der Waals surface area (Å²) in [6, 6.07) is 3.24. The van der Waals surface area contributed by atoms with Gasteiger partial charge in [-0.1, -0.05) is 5.16 Å². The summed E-state index contributed by atoms with van der Waals surface area (Å²) >= 11 is 0. The van der Waals surface area contributed by atoms with Crippen molar-refractivity contribution < 1.29 is 9.32 Å². The van der Waals surface area contributed by atoms with E-state index in [1.54, 1.807) is 25.4 Å². The van der Waals surface area contributed by atoms with E-state index in [0.717, 1.165) is 45.1 Å². The molecule has 0 atom stereocenters. The molecule has 0 aliphatic carbocycles. The molecule has 2 aromatic rings. The average molecular weight is 345 g/mol. The monoisotopic (exact) mass is 345 g/mol. The van der Waals surface area contributed by atoms with Crippen LogP contribution in [0.3, 0.4) is 0 Å². The lowest BCUT2D eigenvalue weighted by molar-refractivity contribution is 0.243. The predicted molar refractivity (Wildman–Crippen MR) is 93.6 cm³/mol. The van der Waals surface area contributed by atoms with Gasteiger partial charge in [-0.15, -0.1) is 0 Å². The quantitative estimate of drug-likeness (QED) is 0.757. The Morgan fingerprint density at radius 3 is 2.68 bits per heavy atom. The highest BCUT2D eigenvalue weighted by atomic mass is 16.5. The number of piperazine rings is 1. The van der Waals surface area contributed by atoms with E-state index in [2.05, 4.69) is 35.6 Å². The highest BCUT2D eigenvalue weighted by Crippen LogP contribution is 2.09. The minimum Gasteiger partial charge on any atom is -0.360 e. The molecule has 1 aliphatic rings. The second-order valence-corrected chi connectivity index (χ2v) is 5.93. The van der Waals surface area contributed by atoms with Gasteiger partial charge in [-0.05, 0) is 26.0 Å². The van der Waals surface area contributed by atoms with Gasteiger partial charge in [-0.2, -0.15) is 0 Å². The van der Waals surface area contributed by atoms with Crippen LogP contribution in [0.2, 0.25) is 0 Å². The third-order valence-electron chi connectivity index (χ3n) is 4.01. The molecule has 0 aromatic carbocycles. The van der Waals surface area contributed by atoms with E-state index < -0.39 is 0 Å². The molecule has 9 heteroatoms. The van der Waals surface area contributed by atoms with Crippen LogP contribution in [0.1, 0.15) is 12.2 Å². The molecule has 134 valence electrons. The zero-order valence-electron chi connectivity index (χ0n) is 14.3. The molecule has 2 N–H and O–H groups in total. The lowest BCUT2D eigenvalue weighted by Crippen LogP contribution is -2.47. The van der Waals surface area contributed by atoms with Crippen LogP contribution in [0.15, 0.2) is 29.0 Å². The number of aryl methyl sites for hydroxylation is 1. The number of nitrogens with one attached hydrogen (secondary N) is 2. The lowest BCUT2D eigenvalue weighted by Gasteiger charge is -2.34. The summed E-state index contributed by atoms with van der Waals surface area (Å²) < 4.78 is 4.90. The third-order valence-corrected chi connectivity index (χ3v) is 4.01. The van der Waals surface area contributed by atoms with Crippen molar-refractivity contribution in [3.05, 3.63) is 30.3 Å². The minimum atomic E-state index is -0.264. The first-order valence-electron chi connectivity index (χ1n) is 8.43. The summed E-state index contributed by atoms with van der Waals surface area (Å²) in [5.74, 6) is 1.88. The normalized spacial score (nSPS) is 15.2. The van der Waals surface area contributed by atoms with Crippen molar-refractivity contribution in [2.24, 2.45) is 0 Å². The van der Waals surface area contributed by atoms with Crippen molar-refractivity contribution >= 4 is 17.8 Å². The number of hydrogen-bond donors (Lipinski definition) is 2. The van der Waals surface area contributed by atoms with Gasteiger partial charge in [0.05, 0.1) is 0 Å². The first kappa shape index (κ1) is 17.2. The Hall–Kier alpha value is -2.68. The number of carbonyl (C=O) groups is 1. The van der Waals surface area contributed by atoms with Crippen LogP contribution in [-0.2, 0) is 0 Å². The maximum Gasteiger partial charge on any atom is 0.320 e. The lowest BCUT2D eigenvalue weighted by atomic mass is 10.3. The Morgan fingerprint density at radius 2 is 2.00 bits per heavy atom. The van der Waals surface area contributed by atoms with Crippen LogP contribution in [0.5, 0.6) is 0 Å². The molecule has 0 unspecified atom stereocenters. The largest absolute Gasteiger partial charge is 0.360 e. The van der Waals surface area contributed by atoms with E-state index in [1.807, 2.05) is 6.07 Å². The molecule has 1 aliphatic heterocycles. The molecule has 0 radical (unpaired) electrons. The fourth-order valence-electron chi connectivity index (χ4n) is 2.72. The van der Waals surface area contributed by atoms with Crippen LogP contribution in [0, 0.1) is 6.92 Å². The summed E-state index contributed by atoms with van der Waals surface area (Å²) in [5.41, 5.74) is 0. The zero-order chi connectivity index (χ0) is 17.5. The Balaban J connectivity index is 1.29. The molecule has 25 heavy (non-hydrogen) atoms. The molecular formula is C16H23N7O2. The molecule has 1 fully saturated rings. The predicted octanol–water partition coefficient (Wildman–Crippen LogP) is 1.11. The van der Waals surface area contributed by atoms with Crippen molar-refractivity contribution in [1.82, 2.24) is 25.3 Å². The average Bonchev–Trinajstić information content (AvgIpc) is 3.05. The van der Waals surface area contributed by atoms with Gasteiger partial charge in [0.15, 0.2) is 5.82 Å². The molecule has 3 heterocycles. The fraction of sp³-hybridized carbons (Fsp3) is 0.500. The molecule has 0 bridgehead atoms. The van der Waals surface area contributed by atoms with Gasteiger partial charge in [-0.3, -0.25) is 10.2 Å². The summed E-state index contributed by atoms with van der Waals surface area (Å²) in [4.78, 5) is 24.9. The smallest absolute Gasteiger partial charge is 0.320 e. The molecule has 0 saturated carbocycles. The molecule has 2 amide bonds. The van der Waals surface area contributed by atoms with Gasteiger partial charge in [-0.25, -0.2) is 14.8 Å². The van der Waals surface area contributed by atoms with Crippen molar-refractivity contribution in [3.63, 3.8) is 0 Å². The number of aromatic nitrogens is 3. The highest BCUT2D eigenvalue weighted by molar-refractivity contribution is 5.88. The number of anilines is 2. The van der Waals surface area contributed by atoms with Crippen LogP contribution >= 0.6 is 0 Å². The summed E-state index contributed by atoms with van der Waals surface area (Å²) in [6.45, 7) is 7.13. The molecule has 0 spiro atoms. The number of nitrogens with zero attached hydrogens (tertiary/aromatic N) is 5. The van der Waals surface area contributed by atoms with E-state index in [9.17, 15) is 4.79 Å². The molecule has 9 nitrogen and oxygen atoms in total. The second-order valence-electron chi connectivity index (χ2n) is 5.93. The highest BCUT2D eigenvalue weighted by Gasteiger charge is 2.18. The summed E-state index contributed by atoms with van der Waals surface area (Å²) in [7, 11) is 0. The number of carbonyl (C=O) groups excluding carboxylic acids is 1. The van der Waals surface area contributed by atoms with Crippen LogP contribution in [0.25, 0.3) is 0 Å². The van der Waals surface area contributed by atoms with E-state index in [0.29, 0.717) is 18.1 Å². The topological polar surface area (TPSA) is 99.4 Å². The maximum atomic E-state index is 11.7. The third kappa shape index (κ3) is 5.15.